The number of rotatable bonds is 4. The van der Waals surface area contributed by atoms with Crippen LogP contribution in [0.2, 0.25) is 0 Å². The van der Waals surface area contributed by atoms with Crippen molar-refractivity contribution >= 4 is 23.8 Å². The molecule has 180 valence electrons. The normalized spacial score (nSPS) is 24.2. The molecule has 1 aromatic carbocycles. The number of aromatic nitrogens is 6. The maximum atomic E-state index is 11.9. The molecule has 2 aliphatic rings. The van der Waals surface area contributed by atoms with Crippen molar-refractivity contribution in [1.82, 2.24) is 29.5 Å². The summed E-state index contributed by atoms with van der Waals surface area (Å²) in [5, 5.41) is 27.6. The molecule has 0 aliphatic carbocycles. The fourth-order valence-corrected chi connectivity index (χ4v) is 4.95. The first kappa shape index (κ1) is 22.9. The van der Waals surface area contributed by atoms with Crippen molar-refractivity contribution in [1.29, 1.82) is 0 Å². The topological polar surface area (TPSA) is 106 Å². The molecule has 2 aromatic heterocycles. The Bertz CT molecular complexity index is 1270. The van der Waals surface area contributed by atoms with Crippen molar-refractivity contribution in [3.8, 4) is 5.75 Å². The largest absolute Gasteiger partial charge is 0.507 e. The van der Waals surface area contributed by atoms with Gasteiger partial charge < -0.3 is 5.11 Å². The minimum atomic E-state index is -0.797. The number of aliphatic imine (C=N–C) groups is 2. The number of para-hydroxylation sites is 1. The van der Waals surface area contributed by atoms with Crippen LogP contribution in [0.1, 0.15) is 52.7 Å². The number of hydrogen-bond acceptors (Lipinski definition) is 7. The standard InChI is InChI=1S/C26H30N8O/c1-23(2,3)25(10-18(12-27-25)33-14-29-30-15-33)20-8-7-9-21(22(20)35)26(24(4,5)6)11-19(13-28-26)34-16-31-32-17-34/h7-17,35H,1-6H3. The first-order chi connectivity index (χ1) is 16.5. The Hall–Kier alpha value is -3.88. The van der Waals surface area contributed by atoms with Gasteiger partial charge in [-0.3, -0.25) is 19.1 Å². The van der Waals surface area contributed by atoms with Crippen LogP contribution >= 0.6 is 0 Å². The van der Waals surface area contributed by atoms with Gasteiger partial charge in [-0.05, 0) is 23.0 Å². The highest BCUT2D eigenvalue weighted by Gasteiger charge is 2.50. The summed E-state index contributed by atoms with van der Waals surface area (Å²) in [5.41, 5.74) is 0.893. The van der Waals surface area contributed by atoms with E-state index in [2.05, 4.69) is 74.1 Å². The first-order valence-electron chi connectivity index (χ1n) is 11.6. The third-order valence-corrected chi connectivity index (χ3v) is 7.09. The Morgan fingerprint density at radius 2 is 1.03 bits per heavy atom. The van der Waals surface area contributed by atoms with Gasteiger partial charge in [0.15, 0.2) is 0 Å². The van der Waals surface area contributed by atoms with Crippen LogP contribution in [0.25, 0.3) is 11.4 Å². The average Bonchev–Trinajstić information content (AvgIpc) is 3.59. The SMILES string of the molecule is CC(C)(C)C1(c2cccc(C3(C(C)(C)C)C=C(n4cnnc4)C=N3)c2O)C=C(n2cnnc2)C=N1. The van der Waals surface area contributed by atoms with Gasteiger partial charge in [0.25, 0.3) is 0 Å². The highest BCUT2D eigenvalue weighted by Crippen LogP contribution is 2.55. The minimum absolute atomic E-state index is 0.189. The van der Waals surface area contributed by atoms with Crippen LogP contribution in [0.5, 0.6) is 5.75 Å². The lowest BCUT2D eigenvalue weighted by atomic mass is 9.66. The number of nitrogens with zero attached hydrogens (tertiary/aromatic N) is 8. The molecule has 3 aromatic rings. The van der Waals surface area contributed by atoms with Crippen molar-refractivity contribution in [2.45, 2.75) is 52.6 Å². The Morgan fingerprint density at radius 3 is 1.37 bits per heavy atom. The van der Waals surface area contributed by atoms with Crippen LogP contribution in [-0.2, 0) is 11.1 Å². The van der Waals surface area contributed by atoms with E-state index < -0.39 is 11.1 Å². The zero-order chi connectivity index (χ0) is 25.1. The lowest BCUT2D eigenvalue weighted by Gasteiger charge is -2.42. The van der Waals surface area contributed by atoms with Crippen LogP contribution in [0.3, 0.4) is 0 Å². The zero-order valence-corrected chi connectivity index (χ0v) is 20.9. The van der Waals surface area contributed by atoms with Crippen molar-refractivity contribution in [3.05, 3.63) is 66.8 Å². The molecule has 1 N–H and O–H groups in total. The number of phenolic OH excluding ortho intramolecular Hbond substituents is 1. The second-order valence-electron chi connectivity index (χ2n) is 11.1. The van der Waals surface area contributed by atoms with E-state index in [-0.39, 0.29) is 16.6 Å². The molecule has 9 nitrogen and oxygen atoms in total. The Kier molecular flexibility index (Phi) is 4.94. The maximum Gasteiger partial charge on any atom is 0.127 e. The van der Waals surface area contributed by atoms with Crippen molar-refractivity contribution in [2.24, 2.45) is 20.8 Å². The van der Waals surface area contributed by atoms with Crippen LogP contribution in [0.4, 0.5) is 0 Å². The second kappa shape index (κ2) is 7.56. The van der Waals surface area contributed by atoms with E-state index in [1.807, 2.05) is 39.8 Å². The lowest BCUT2D eigenvalue weighted by Crippen LogP contribution is -2.38. The number of phenols is 1. The number of aromatic hydroxyl groups is 1. The predicted octanol–water partition coefficient (Wildman–Crippen LogP) is 4.31. The van der Waals surface area contributed by atoms with Gasteiger partial charge in [-0.25, -0.2) is 0 Å². The van der Waals surface area contributed by atoms with Crippen molar-refractivity contribution in [3.63, 3.8) is 0 Å². The summed E-state index contributed by atoms with van der Waals surface area (Å²) >= 11 is 0. The van der Waals surface area contributed by atoms with E-state index in [0.717, 1.165) is 22.5 Å². The highest BCUT2D eigenvalue weighted by molar-refractivity contribution is 6.06. The number of benzene rings is 1. The van der Waals surface area contributed by atoms with Crippen LogP contribution in [0.15, 0.2) is 65.6 Å². The Labute approximate surface area is 204 Å². The van der Waals surface area contributed by atoms with E-state index >= 15 is 0 Å². The third kappa shape index (κ3) is 3.37. The molecule has 0 amide bonds. The van der Waals surface area contributed by atoms with Crippen molar-refractivity contribution in [2.75, 3.05) is 0 Å². The van der Waals surface area contributed by atoms with E-state index in [1.54, 1.807) is 25.3 Å². The maximum absolute atomic E-state index is 11.9. The molecule has 4 heterocycles. The van der Waals surface area contributed by atoms with E-state index in [4.69, 9.17) is 9.98 Å². The van der Waals surface area contributed by atoms with Gasteiger partial charge in [-0.1, -0.05) is 59.7 Å². The molecule has 0 spiro atoms. The summed E-state index contributed by atoms with van der Waals surface area (Å²) in [4.78, 5) is 9.97. The van der Waals surface area contributed by atoms with Gasteiger partial charge in [0.05, 0.1) is 11.4 Å². The summed E-state index contributed by atoms with van der Waals surface area (Å²) in [6.45, 7) is 12.7. The zero-order valence-electron chi connectivity index (χ0n) is 20.9. The average molecular weight is 471 g/mol. The molecule has 35 heavy (non-hydrogen) atoms. The number of allylic oxidation sites excluding steroid dienone is 2. The lowest BCUT2D eigenvalue weighted by molar-refractivity contribution is 0.231. The summed E-state index contributed by atoms with van der Waals surface area (Å²) in [6.07, 6.45) is 14.4. The van der Waals surface area contributed by atoms with Gasteiger partial charge in [0, 0.05) is 23.6 Å². The smallest absolute Gasteiger partial charge is 0.127 e. The van der Waals surface area contributed by atoms with Crippen LogP contribution in [0, 0.1) is 10.8 Å². The van der Waals surface area contributed by atoms with Crippen molar-refractivity contribution < 1.29 is 5.11 Å². The third-order valence-electron chi connectivity index (χ3n) is 7.09. The van der Waals surface area contributed by atoms with Crippen LogP contribution in [-0.4, -0.2) is 47.1 Å². The summed E-state index contributed by atoms with van der Waals surface area (Å²) < 4.78 is 3.65. The molecule has 0 radical (unpaired) electrons. The Balaban J connectivity index is 1.71. The molecular formula is C26H30N8O. The van der Waals surface area contributed by atoms with Gasteiger partial charge in [-0.2, -0.15) is 0 Å². The quantitative estimate of drug-likeness (QED) is 0.612. The van der Waals surface area contributed by atoms with Gasteiger partial charge >= 0.3 is 0 Å². The molecule has 0 bridgehead atoms. The van der Waals surface area contributed by atoms with Gasteiger partial charge in [0.2, 0.25) is 0 Å². The fraction of sp³-hybridized carbons (Fsp3) is 0.385. The first-order valence-corrected chi connectivity index (χ1v) is 11.6. The molecule has 2 unspecified atom stereocenters. The molecular weight excluding hydrogens is 440 g/mol. The molecule has 0 saturated heterocycles. The predicted molar refractivity (Wildman–Crippen MR) is 136 cm³/mol. The van der Waals surface area contributed by atoms with E-state index in [1.165, 1.54) is 0 Å². The summed E-state index contributed by atoms with van der Waals surface area (Å²) in [6, 6.07) is 5.88. The number of hydrogen-bond donors (Lipinski definition) is 1. The van der Waals surface area contributed by atoms with Gasteiger partial charge in [-0.15, -0.1) is 20.4 Å². The molecule has 2 aliphatic heterocycles. The summed E-state index contributed by atoms with van der Waals surface area (Å²) in [5.74, 6) is 0.189. The fourth-order valence-electron chi connectivity index (χ4n) is 4.95. The summed E-state index contributed by atoms with van der Waals surface area (Å²) in [7, 11) is 0. The monoisotopic (exact) mass is 470 g/mol. The molecule has 5 rings (SSSR count). The van der Waals surface area contributed by atoms with E-state index in [9.17, 15) is 5.11 Å². The minimum Gasteiger partial charge on any atom is -0.507 e. The van der Waals surface area contributed by atoms with Gasteiger partial charge in [0.1, 0.15) is 42.1 Å². The second-order valence-corrected chi connectivity index (χ2v) is 11.1. The molecule has 9 heteroatoms. The molecule has 0 fully saturated rings. The van der Waals surface area contributed by atoms with E-state index in [0.29, 0.717) is 0 Å². The Morgan fingerprint density at radius 1 is 0.657 bits per heavy atom. The molecule has 2 atom stereocenters. The van der Waals surface area contributed by atoms with Crippen LogP contribution < -0.4 is 0 Å². The highest BCUT2D eigenvalue weighted by atomic mass is 16.3. The molecule has 0 saturated carbocycles.